The molecule has 3 N–H and O–H groups in total. The highest BCUT2D eigenvalue weighted by Gasteiger charge is 2.27. The minimum Gasteiger partial charge on any atom is -0.478 e. The molecule has 0 atom stereocenters. The van der Waals surface area contributed by atoms with Crippen molar-refractivity contribution in [2.24, 2.45) is 5.73 Å². The summed E-state index contributed by atoms with van der Waals surface area (Å²) in [5, 5.41) is 1.05. The molecule has 1 fully saturated rings. The quantitative estimate of drug-likeness (QED) is 0.440. The minimum absolute atomic E-state index is 0.506. The lowest BCUT2D eigenvalue weighted by Gasteiger charge is -2.34. The van der Waals surface area contributed by atoms with Gasteiger partial charge in [-0.05, 0) is 62.4 Å². The molecule has 1 saturated heterocycles. The third kappa shape index (κ3) is 4.72. The number of piperazine rings is 1. The van der Waals surface area contributed by atoms with Gasteiger partial charge in [-0.2, -0.15) is 0 Å². The predicted octanol–water partition coefficient (Wildman–Crippen LogP) is 4.29. The first-order chi connectivity index (χ1) is 16.8. The van der Waals surface area contributed by atoms with Crippen LogP contribution in [0.15, 0.2) is 67.0 Å². The average Bonchev–Trinajstić information content (AvgIpc) is 3.28. The molecular formula is C28H31N5O2. The van der Waals surface area contributed by atoms with Crippen LogP contribution in [-0.2, 0) is 4.79 Å². The van der Waals surface area contributed by atoms with Crippen LogP contribution in [0.4, 0.5) is 5.69 Å². The van der Waals surface area contributed by atoms with Gasteiger partial charge in [0.2, 0.25) is 0 Å². The second kappa shape index (κ2) is 9.07. The Morgan fingerprint density at radius 1 is 0.971 bits per heavy atom. The number of carbonyl (C=O) groups excluding carboxylic acids is 1. The first-order valence-corrected chi connectivity index (χ1v) is 11.9. The molecule has 1 aliphatic heterocycles. The van der Waals surface area contributed by atoms with Crippen LogP contribution >= 0.6 is 0 Å². The lowest BCUT2D eigenvalue weighted by atomic mass is 10.0. The number of H-pyrrole nitrogens is 1. The first-order valence-electron chi connectivity index (χ1n) is 11.9. The summed E-state index contributed by atoms with van der Waals surface area (Å²) in [6, 6.07) is 18.6. The van der Waals surface area contributed by atoms with Crippen molar-refractivity contribution in [1.29, 1.82) is 0 Å². The summed E-state index contributed by atoms with van der Waals surface area (Å²) in [5.74, 6) is 0.0880. The van der Waals surface area contributed by atoms with Crippen molar-refractivity contribution < 1.29 is 9.53 Å². The monoisotopic (exact) mass is 469 g/mol. The molecule has 3 heterocycles. The number of benzene rings is 2. The molecule has 180 valence electrons. The Kier molecular flexibility index (Phi) is 5.94. The smallest absolute Gasteiger partial charge is 0.261 e. The molecule has 0 spiro atoms. The number of rotatable bonds is 6. The number of amides is 1. The van der Waals surface area contributed by atoms with Crippen LogP contribution in [0.25, 0.3) is 33.3 Å². The maximum absolute atomic E-state index is 11.6. The number of primary amides is 1. The molecule has 0 saturated carbocycles. The zero-order valence-corrected chi connectivity index (χ0v) is 20.4. The fourth-order valence-electron chi connectivity index (χ4n) is 4.38. The van der Waals surface area contributed by atoms with Gasteiger partial charge in [0.1, 0.15) is 11.4 Å². The number of anilines is 1. The number of aromatic nitrogens is 2. The van der Waals surface area contributed by atoms with E-state index in [2.05, 4.69) is 57.1 Å². The maximum Gasteiger partial charge on any atom is 0.261 e. The summed E-state index contributed by atoms with van der Waals surface area (Å²) in [6.45, 7) is 7.62. The van der Waals surface area contributed by atoms with Gasteiger partial charge >= 0.3 is 0 Å². The van der Waals surface area contributed by atoms with Crippen molar-refractivity contribution >= 4 is 22.6 Å². The second-order valence-corrected chi connectivity index (χ2v) is 9.66. The fourth-order valence-corrected chi connectivity index (χ4v) is 4.38. The maximum atomic E-state index is 11.6. The number of carbonyl (C=O) groups is 1. The molecule has 35 heavy (non-hydrogen) atoms. The molecule has 7 heteroatoms. The number of likely N-dealkylation sites (N-methyl/N-ethyl adjacent to an activating group) is 1. The lowest BCUT2D eigenvalue weighted by molar-refractivity contribution is -0.130. The third-order valence-electron chi connectivity index (χ3n) is 6.73. The van der Waals surface area contributed by atoms with Gasteiger partial charge in [0.25, 0.3) is 5.91 Å². The Morgan fingerprint density at radius 3 is 2.29 bits per heavy atom. The van der Waals surface area contributed by atoms with Crippen molar-refractivity contribution in [3.8, 4) is 28.0 Å². The van der Waals surface area contributed by atoms with E-state index in [1.165, 1.54) is 5.69 Å². The molecule has 1 amide bonds. The van der Waals surface area contributed by atoms with Crippen LogP contribution in [0.3, 0.4) is 0 Å². The number of nitrogens with one attached hydrogen (secondary N) is 1. The van der Waals surface area contributed by atoms with Gasteiger partial charge in [0.05, 0.1) is 0 Å². The molecule has 5 rings (SSSR count). The number of hydrogen-bond donors (Lipinski definition) is 2. The second-order valence-electron chi connectivity index (χ2n) is 9.66. The normalized spacial score (nSPS) is 14.9. The minimum atomic E-state index is -1.07. The Morgan fingerprint density at radius 2 is 1.63 bits per heavy atom. The third-order valence-corrected chi connectivity index (χ3v) is 6.73. The fraction of sp³-hybridized carbons (Fsp3) is 0.286. The van der Waals surface area contributed by atoms with E-state index >= 15 is 0 Å². The van der Waals surface area contributed by atoms with Gasteiger partial charge in [-0.1, -0.05) is 24.3 Å². The number of ether oxygens (including phenoxy) is 1. The highest BCUT2D eigenvalue weighted by Crippen LogP contribution is 2.33. The number of aromatic amines is 1. The number of nitrogens with zero attached hydrogens (tertiary/aromatic N) is 3. The van der Waals surface area contributed by atoms with Crippen LogP contribution < -0.4 is 15.4 Å². The lowest BCUT2D eigenvalue weighted by Crippen LogP contribution is -2.44. The van der Waals surface area contributed by atoms with E-state index in [-0.39, 0.29) is 0 Å². The zero-order chi connectivity index (χ0) is 24.6. The van der Waals surface area contributed by atoms with Gasteiger partial charge in [-0.25, -0.2) is 4.98 Å². The van der Waals surface area contributed by atoms with E-state index < -0.39 is 11.5 Å². The summed E-state index contributed by atoms with van der Waals surface area (Å²) in [5.41, 5.74) is 10.8. The summed E-state index contributed by atoms with van der Waals surface area (Å²) in [4.78, 5) is 24.3. The Bertz CT molecular complexity index is 1330. The van der Waals surface area contributed by atoms with Crippen molar-refractivity contribution in [2.75, 3.05) is 38.1 Å². The van der Waals surface area contributed by atoms with Crippen molar-refractivity contribution in [2.45, 2.75) is 19.4 Å². The van der Waals surface area contributed by atoms with Crippen LogP contribution in [0, 0.1) is 0 Å². The highest BCUT2D eigenvalue weighted by molar-refractivity contribution is 5.96. The van der Waals surface area contributed by atoms with Gasteiger partial charge in [-0.3, -0.25) is 4.79 Å². The van der Waals surface area contributed by atoms with Gasteiger partial charge < -0.3 is 25.3 Å². The summed E-state index contributed by atoms with van der Waals surface area (Å²) < 4.78 is 5.76. The number of hydrogen-bond acceptors (Lipinski definition) is 5. The molecule has 2 aromatic heterocycles. The van der Waals surface area contributed by atoms with E-state index in [0.717, 1.165) is 59.5 Å². The molecule has 7 nitrogen and oxygen atoms in total. The van der Waals surface area contributed by atoms with E-state index in [1.807, 2.05) is 36.7 Å². The Hall–Kier alpha value is -3.84. The van der Waals surface area contributed by atoms with Crippen LogP contribution in [0.1, 0.15) is 13.8 Å². The molecule has 2 aromatic carbocycles. The van der Waals surface area contributed by atoms with E-state index in [4.69, 9.17) is 10.5 Å². The number of nitrogens with two attached hydrogens (primary N) is 1. The molecule has 0 radical (unpaired) electrons. The van der Waals surface area contributed by atoms with Gasteiger partial charge in [0.15, 0.2) is 5.60 Å². The number of fused-ring (bicyclic) bond motifs is 1. The Balaban J connectivity index is 1.39. The van der Waals surface area contributed by atoms with Crippen LogP contribution in [-0.4, -0.2) is 59.6 Å². The van der Waals surface area contributed by atoms with Crippen LogP contribution in [0.2, 0.25) is 0 Å². The molecule has 1 aliphatic rings. The van der Waals surface area contributed by atoms with E-state index in [9.17, 15) is 4.79 Å². The van der Waals surface area contributed by atoms with Gasteiger partial charge in [-0.15, -0.1) is 0 Å². The molecule has 0 aliphatic carbocycles. The molecular weight excluding hydrogens is 438 g/mol. The van der Waals surface area contributed by atoms with Crippen molar-refractivity contribution in [3.63, 3.8) is 0 Å². The molecule has 0 unspecified atom stereocenters. The average molecular weight is 470 g/mol. The largest absolute Gasteiger partial charge is 0.478 e. The SMILES string of the molecule is CN1CCN(c2ccc(-c3cnc4[nH]cc(-c5ccc(OC(C)(C)C(N)=O)cc5)c4c3)cc2)CC1. The standard InChI is InChI=1S/C28H31N5O2/c1-28(2,27(29)34)35-23-10-6-20(7-11-23)25-18-31-26-24(25)16-21(17-30-26)19-4-8-22(9-5-19)33-14-12-32(3)13-15-33/h4-11,16-18H,12-15H2,1-3H3,(H2,29,34)(H,30,31). The molecule has 0 bridgehead atoms. The Labute approximate surface area is 205 Å². The summed E-state index contributed by atoms with van der Waals surface area (Å²) in [6.07, 6.45) is 3.89. The predicted molar refractivity (Wildman–Crippen MR) is 141 cm³/mol. The van der Waals surface area contributed by atoms with E-state index in [1.54, 1.807) is 13.8 Å². The molecule has 4 aromatic rings. The van der Waals surface area contributed by atoms with Crippen molar-refractivity contribution in [1.82, 2.24) is 14.9 Å². The summed E-state index contributed by atoms with van der Waals surface area (Å²) in [7, 11) is 2.17. The number of pyridine rings is 1. The topological polar surface area (TPSA) is 87.5 Å². The van der Waals surface area contributed by atoms with Gasteiger partial charge in [0, 0.05) is 60.8 Å². The first kappa shape index (κ1) is 22.9. The highest BCUT2D eigenvalue weighted by atomic mass is 16.5. The summed E-state index contributed by atoms with van der Waals surface area (Å²) >= 11 is 0. The van der Waals surface area contributed by atoms with Crippen molar-refractivity contribution in [3.05, 3.63) is 67.0 Å². The zero-order valence-electron chi connectivity index (χ0n) is 20.4. The van der Waals surface area contributed by atoms with E-state index in [0.29, 0.717) is 5.75 Å². The van der Waals surface area contributed by atoms with Crippen LogP contribution in [0.5, 0.6) is 5.75 Å².